The number of nitrogens with zero attached hydrogens (tertiary/aromatic N) is 2. The molecule has 0 radical (unpaired) electrons. The minimum Gasteiger partial charge on any atom is -0.318 e. The molecule has 2 atom stereocenters. The molecule has 2 fully saturated rings. The Bertz CT molecular complexity index is 729. The first-order valence-corrected chi connectivity index (χ1v) is 10.0. The van der Waals surface area contributed by atoms with Crippen LogP contribution in [0.5, 0.6) is 0 Å². The molecule has 3 rings (SSSR count). The Labute approximate surface area is 138 Å². The smallest absolute Gasteiger partial charge is 0.318 e. The lowest BCUT2D eigenvalue weighted by Crippen LogP contribution is -2.38. The molecule has 0 bridgehead atoms. The molecule has 23 heavy (non-hydrogen) atoms. The molecule has 2 aliphatic rings. The van der Waals surface area contributed by atoms with Gasteiger partial charge in [0.25, 0.3) is 0 Å². The van der Waals surface area contributed by atoms with Gasteiger partial charge in [0.15, 0.2) is 9.84 Å². The number of carbonyl (C=O) groups is 1. The minimum absolute atomic E-state index is 0.0444. The fourth-order valence-corrected chi connectivity index (χ4v) is 5.58. The number of amides is 2. The maximum absolute atomic E-state index is 13.0. The molecule has 2 amide bonds. The maximum atomic E-state index is 13.0. The zero-order chi connectivity index (χ0) is 16.8. The van der Waals surface area contributed by atoms with Crippen LogP contribution in [0.25, 0.3) is 0 Å². The van der Waals surface area contributed by atoms with Crippen LogP contribution >= 0.6 is 0 Å². The summed E-state index contributed by atoms with van der Waals surface area (Å²) < 4.78 is 24.3. The average Bonchev–Trinajstić information content (AvgIpc) is 2.90. The summed E-state index contributed by atoms with van der Waals surface area (Å²) in [6.45, 7) is 6.66. The van der Waals surface area contributed by atoms with Crippen molar-refractivity contribution in [3.8, 4) is 0 Å². The Morgan fingerprint density at radius 3 is 2.57 bits per heavy atom. The van der Waals surface area contributed by atoms with Crippen molar-refractivity contribution in [1.29, 1.82) is 0 Å². The molecule has 5 nitrogen and oxygen atoms in total. The van der Waals surface area contributed by atoms with Crippen LogP contribution in [0.1, 0.15) is 30.9 Å². The monoisotopic (exact) mass is 336 g/mol. The lowest BCUT2D eigenvalue weighted by Gasteiger charge is -2.24. The van der Waals surface area contributed by atoms with Gasteiger partial charge >= 0.3 is 6.03 Å². The molecule has 2 aliphatic heterocycles. The van der Waals surface area contributed by atoms with Crippen LogP contribution in [0.3, 0.4) is 0 Å². The highest BCUT2D eigenvalue weighted by molar-refractivity contribution is 7.91. The third kappa shape index (κ3) is 2.84. The molecule has 0 aliphatic carbocycles. The number of rotatable bonds is 4. The molecule has 0 unspecified atom stereocenters. The number of benzene rings is 1. The van der Waals surface area contributed by atoms with Gasteiger partial charge in [-0.2, -0.15) is 0 Å². The molecule has 1 aromatic rings. The summed E-state index contributed by atoms with van der Waals surface area (Å²) in [5.74, 6) is 0.161. The SMILES string of the molecule is CCCCN1C(=O)N(c2cc(C)ccc2C)[C@H]2CS(=O)(=O)C[C@H]21. The van der Waals surface area contributed by atoms with Crippen LogP contribution in [-0.2, 0) is 9.84 Å². The van der Waals surface area contributed by atoms with Gasteiger partial charge in [-0.15, -0.1) is 0 Å². The zero-order valence-electron chi connectivity index (χ0n) is 13.9. The van der Waals surface area contributed by atoms with Crippen molar-refractivity contribution in [2.75, 3.05) is 23.0 Å². The van der Waals surface area contributed by atoms with Crippen LogP contribution in [0.2, 0.25) is 0 Å². The van der Waals surface area contributed by atoms with Gasteiger partial charge in [0, 0.05) is 12.2 Å². The fourth-order valence-electron chi connectivity index (χ4n) is 3.63. The first-order valence-electron chi connectivity index (χ1n) is 8.21. The van der Waals surface area contributed by atoms with E-state index in [1.807, 2.05) is 32.0 Å². The summed E-state index contributed by atoms with van der Waals surface area (Å²) in [4.78, 5) is 16.5. The summed E-state index contributed by atoms with van der Waals surface area (Å²) in [6.07, 6.45) is 1.88. The normalized spacial score (nSPS) is 26.0. The summed E-state index contributed by atoms with van der Waals surface area (Å²) in [7, 11) is -3.09. The maximum Gasteiger partial charge on any atom is 0.325 e. The van der Waals surface area contributed by atoms with Crippen molar-refractivity contribution in [2.45, 2.75) is 45.7 Å². The van der Waals surface area contributed by atoms with Gasteiger partial charge < -0.3 is 4.90 Å². The molecule has 126 valence electrons. The second kappa shape index (κ2) is 5.82. The Kier molecular flexibility index (Phi) is 4.12. The van der Waals surface area contributed by atoms with Gasteiger partial charge in [-0.3, -0.25) is 4.90 Å². The summed E-state index contributed by atoms with van der Waals surface area (Å²) in [5, 5.41) is 0. The molecule has 0 aromatic heterocycles. The number of unbranched alkanes of at least 4 members (excludes halogenated alkanes) is 1. The van der Waals surface area contributed by atoms with E-state index in [0.717, 1.165) is 29.7 Å². The second-order valence-electron chi connectivity index (χ2n) is 6.70. The van der Waals surface area contributed by atoms with Crippen LogP contribution in [0.15, 0.2) is 18.2 Å². The van der Waals surface area contributed by atoms with Crippen molar-refractivity contribution >= 4 is 21.6 Å². The van der Waals surface area contributed by atoms with Crippen LogP contribution in [-0.4, -0.2) is 49.5 Å². The van der Waals surface area contributed by atoms with Crippen LogP contribution in [0, 0.1) is 13.8 Å². The number of urea groups is 1. The van der Waals surface area contributed by atoms with Gasteiger partial charge in [0.1, 0.15) is 0 Å². The Balaban J connectivity index is 2.02. The predicted molar refractivity (Wildman–Crippen MR) is 91.6 cm³/mol. The van der Waals surface area contributed by atoms with Gasteiger partial charge in [0.05, 0.1) is 23.6 Å². The van der Waals surface area contributed by atoms with Gasteiger partial charge in [-0.1, -0.05) is 25.5 Å². The highest BCUT2D eigenvalue weighted by atomic mass is 32.2. The molecular weight excluding hydrogens is 312 g/mol. The summed E-state index contributed by atoms with van der Waals surface area (Å²) >= 11 is 0. The fraction of sp³-hybridized carbons (Fsp3) is 0.588. The van der Waals surface area contributed by atoms with E-state index in [-0.39, 0.29) is 29.6 Å². The Hall–Kier alpha value is -1.56. The zero-order valence-corrected chi connectivity index (χ0v) is 14.8. The topological polar surface area (TPSA) is 57.7 Å². The van der Waals surface area contributed by atoms with Crippen LogP contribution < -0.4 is 4.90 Å². The third-order valence-electron chi connectivity index (χ3n) is 4.85. The molecule has 2 saturated heterocycles. The summed E-state index contributed by atoms with van der Waals surface area (Å²) in [6, 6.07) is 5.47. The predicted octanol–water partition coefficient (Wildman–Crippen LogP) is 2.51. The van der Waals surface area contributed by atoms with E-state index in [0.29, 0.717) is 6.54 Å². The molecule has 0 N–H and O–H groups in total. The molecular formula is C17H24N2O3S. The van der Waals surface area contributed by atoms with Crippen molar-refractivity contribution in [1.82, 2.24) is 4.90 Å². The number of aryl methyl sites for hydroxylation is 2. The number of fused-ring (bicyclic) bond motifs is 1. The van der Waals surface area contributed by atoms with Crippen molar-refractivity contribution in [3.63, 3.8) is 0 Å². The number of hydrogen-bond donors (Lipinski definition) is 0. The highest BCUT2D eigenvalue weighted by Gasteiger charge is 2.53. The molecule has 1 aromatic carbocycles. The third-order valence-corrected chi connectivity index (χ3v) is 6.55. The van der Waals surface area contributed by atoms with Crippen LogP contribution in [0.4, 0.5) is 10.5 Å². The van der Waals surface area contributed by atoms with E-state index in [1.54, 1.807) is 9.80 Å². The standard InChI is InChI=1S/C17H24N2O3S/c1-4-5-8-18-15-10-23(21,22)11-16(15)19(17(18)20)14-9-12(2)6-7-13(14)3/h6-7,9,15-16H,4-5,8,10-11H2,1-3H3/t15-,16+/m1/s1. The van der Waals surface area contributed by atoms with Gasteiger partial charge in [0.2, 0.25) is 0 Å². The Morgan fingerprint density at radius 2 is 1.87 bits per heavy atom. The molecule has 0 spiro atoms. The lowest BCUT2D eigenvalue weighted by molar-refractivity contribution is 0.208. The van der Waals surface area contributed by atoms with E-state index < -0.39 is 9.84 Å². The van der Waals surface area contributed by atoms with Gasteiger partial charge in [-0.25, -0.2) is 13.2 Å². The first-order chi connectivity index (χ1) is 10.8. The van der Waals surface area contributed by atoms with Crippen molar-refractivity contribution in [3.05, 3.63) is 29.3 Å². The van der Waals surface area contributed by atoms with E-state index in [2.05, 4.69) is 6.92 Å². The molecule has 2 heterocycles. The summed E-state index contributed by atoms with van der Waals surface area (Å²) in [5.41, 5.74) is 2.92. The number of hydrogen-bond acceptors (Lipinski definition) is 3. The molecule has 6 heteroatoms. The van der Waals surface area contributed by atoms with Crippen molar-refractivity contribution < 1.29 is 13.2 Å². The number of sulfone groups is 1. The quantitative estimate of drug-likeness (QED) is 0.794. The average molecular weight is 336 g/mol. The molecule has 0 saturated carbocycles. The van der Waals surface area contributed by atoms with E-state index in [4.69, 9.17) is 0 Å². The first kappa shape index (κ1) is 16.3. The van der Waals surface area contributed by atoms with Crippen molar-refractivity contribution in [2.24, 2.45) is 0 Å². The largest absolute Gasteiger partial charge is 0.325 e. The lowest BCUT2D eigenvalue weighted by atomic mass is 10.1. The Morgan fingerprint density at radius 1 is 1.17 bits per heavy atom. The van der Waals surface area contributed by atoms with E-state index in [1.165, 1.54) is 0 Å². The van der Waals surface area contributed by atoms with E-state index in [9.17, 15) is 13.2 Å². The number of anilines is 1. The van der Waals surface area contributed by atoms with E-state index >= 15 is 0 Å². The minimum atomic E-state index is -3.09. The highest BCUT2D eigenvalue weighted by Crippen LogP contribution is 2.36. The number of carbonyl (C=O) groups excluding carboxylic acids is 1. The van der Waals surface area contributed by atoms with Gasteiger partial charge in [-0.05, 0) is 37.5 Å². The second-order valence-corrected chi connectivity index (χ2v) is 8.85.